The standard InChI is InChI=1S/C18H18ClNO3S/c19-15-8-6-14(7-9-15)18(21)20-12-10-17(11-13-20)24(22,23)16-4-2-1-3-5-16/h1-9,17H,10-13H2. The van der Waals surface area contributed by atoms with E-state index in [1.807, 2.05) is 0 Å². The van der Waals surface area contributed by atoms with Crippen LogP contribution in [0.5, 0.6) is 0 Å². The van der Waals surface area contributed by atoms with Crippen molar-refractivity contribution in [3.8, 4) is 0 Å². The van der Waals surface area contributed by atoms with Gasteiger partial charge in [-0.3, -0.25) is 4.79 Å². The van der Waals surface area contributed by atoms with Crippen LogP contribution >= 0.6 is 11.6 Å². The lowest BCUT2D eigenvalue weighted by Gasteiger charge is -2.31. The zero-order valence-electron chi connectivity index (χ0n) is 13.1. The lowest BCUT2D eigenvalue weighted by Crippen LogP contribution is -2.42. The molecule has 24 heavy (non-hydrogen) atoms. The summed E-state index contributed by atoms with van der Waals surface area (Å²) >= 11 is 5.84. The number of nitrogens with zero attached hydrogens (tertiary/aromatic N) is 1. The van der Waals surface area contributed by atoms with Gasteiger partial charge in [-0.1, -0.05) is 29.8 Å². The number of rotatable bonds is 3. The van der Waals surface area contributed by atoms with Gasteiger partial charge < -0.3 is 4.90 Å². The molecule has 0 spiro atoms. The molecule has 0 atom stereocenters. The Morgan fingerprint density at radius 3 is 2.12 bits per heavy atom. The Kier molecular flexibility index (Phi) is 4.92. The third-order valence-corrected chi connectivity index (χ3v) is 6.86. The number of amides is 1. The molecule has 126 valence electrons. The van der Waals surface area contributed by atoms with E-state index in [0.717, 1.165) is 0 Å². The SMILES string of the molecule is O=C(c1ccc(Cl)cc1)N1CCC(S(=O)(=O)c2ccccc2)CC1. The zero-order chi connectivity index (χ0) is 17.2. The average Bonchev–Trinajstić information content (AvgIpc) is 2.62. The first-order valence-corrected chi connectivity index (χ1v) is 9.75. The van der Waals surface area contributed by atoms with Crippen molar-refractivity contribution in [2.45, 2.75) is 23.0 Å². The molecule has 1 amide bonds. The Labute approximate surface area is 147 Å². The number of hydrogen-bond acceptors (Lipinski definition) is 3. The summed E-state index contributed by atoms with van der Waals surface area (Å²) in [7, 11) is -3.34. The summed E-state index contributed by atoms with van der Waals surface area (Å²) in [6.45, 7) is 0.885. The van der Waals surface area contributed by atoms with Crippen LogP contribution in [-0.4, -0.2) is 37.6 Å². The van der Waals surface area contributed by atoms with E-state index in [-0.39, 0.29) is 5.91 Å². The molecular formula is C18H18ClNO3S. The summed E-state index contributed by atoms with van der Waals surface area (Å²) in [4.78, 5) is 14.5. The van der Waals surface area contributed by atoms with Crippen molar-refractivity contribution in [1.82, 2.24) is 4.90 Å². The van der Waals surface area contributed by atoms with Crippen molar-refractivity contribution in [2.24, 2.45) is 0 Å². The number of hydrogen-bond donors (Lipinski definition) is 0. The van der Waals surface area contributed by atoms with E-state index in [1.165, 1.54) is 0 Å². The van der Waals surface area contributed by atoms with Gasteiger partial charge in [-0.15, -0.1) is 0 Å². The van der Waals surface area contributed by atoms with Gasteiger partial charge in [-0.25, -0.2) is 8.42 Å². The highest BCUT2D eigenvalue weighted by atomic mass is 35.5. The summed E-state index contributed by atoms with van der Waals surface area (Å²) in [5, 5.41) is 0.147. The van der Waals surface area contributed by atoms with E-state index >= 15 is 0 Å². The lowest BCUT2D eigenvalue weighted by molar-refractivity contribution is 0.0725. The van der Waals surface area contributed by atoms with Crippen LogP contribution in [0.4, 0.5) is 0 Å². The smallest absolute Gasteiger partial charge is 0.253 e. The van der Waals surface area contributed by atoms with Gasteiger partial charge in [0.25, 0.3) is 5.91 Å². The minimum Gasteiger partial charge on any atom is -0.339 e. The van der Waals surface area contributed by atoms with Crippen molar-refractivity contribution < 1.29 is 13.2 Å². The highest BCUT2D eigenvalue weighted by Gasteiger charge is 2.32. The first kappa shape index (κ1) is 17.0. The fraction of sp³-hybridized carbons (Fsp3) is 0.278. The maximum absolute atomic E-state index is 12.7. The quantitative estimate of drug-likeness (QED) is 0.839. The highest BCUT2D eigenvalue weighted by molar-refractivity contribution is 7.92. The van der Waals surface area contributed by atoms with E-state index < -0.39 is 15.1 Å². The van der Waals surface area contributed by atoms with Crippen LogP contribution < -0.4 is 0 Å². The van der Waals surface area contributed by atoms with Crippen molar-refractivity contribution >= 4 is 27.3 Å². The summed E-state index contributed by atoms with van der Waals surface area (Å²) < 4.78 is 25.3. The summed E-state index contributed by atoms with van der Waals surface area (Å²) in [6, 6.07) is 15.3. The van der Waals surface area contributed by atoms with E-state index in [0.29, 0.717) is 41.4 Å². The first-order chi connectivity index (χ1) is 11.5. The fourth-order valence-corrected chi connectivity index (χ4v) is 4.83. The molecule has 1 fully saturated rings. The van der Waals surface area contributed by atoms with Crippen LogP contribution in [-0.2, 0) is 9.84 Å². The maximum Gasteiger partial charge on any atom is 0.253 e. The minimum atomic E-state index is -3.34. The Bertz CT molecular complexity index is 811. The minimum absolute atomic E-state index is 0.0813. The monoisotopic (exact) mass is 363 g/mol. The second kappa shape index (κ2) is 6.95. The molecule has 0 N–H and O–H groups in total. The van der Waals surface area contributed by atoms with Gasteiger partial charge in [0.1, 0.15) is 0 Å². The Hall–Kier alpha value is -1.85. The number of carbonyl (C=O) groups is 1. The van der Waals surface area contributed by atoms with E-state index in [2.05, 4.69) is 0 Å². The third-order valence-electron chi connectivity index (χ3n) is 4.33. The lowest BCUT2D eigenvalue weighted by atomic mass is 10.1. The molecule has 3 rings (SSSR count). The molecule has 0 unspecified atom stereocenters. The van der Waals surface area contributed by atoms with Crippen LogP contribution in [0.2, 0.25) is 5.02 Å². The number of halogens is 1. The molecule has 0 aliphatic carbocycles. The molecule has 0 bridgehead atoms. The largest absolute Gasteiger partial charge is 0.339 e. The highest BCUT2D eigenvalue weighted by Crippen LogP contribution is 2.25. The van der Waals surface area contributed by atoms with Crippen molar-refractivity contribution in [2.75, 3.05) is 13.1 Å². The van der Waals surface area contributed by atoms with Crippen LogP contribution in [0, 0.1) is 0 Å². The molecule has 1 aliphatic heterocycles. The van der Waals surface area contributed by atoms with Crippen molar-refractivity contribution in [3.05, 3.63) is 65.2 Å². The molecule has 0 saturated carbocycles. The second-order valence-corrected chi connectivity index (χ2v) is 8.52. The van der Waals surface area contributed by atoms with Gasteiger partial charge in [0.15, 0.2) is 9.84 Å². The summed E-state index contributed by atoms with van der Waals surface area (Å²) in [6.07, 6.45) is 0.910. The van der Waals surface area contributed by atoms with Crippen LogP contribution in [0.15, 0.2) is 59.5 Å². The number of piperidine rings is 1. The van der Waals surface area contributed by atoms with Crippen LogP contribution in [0.25, 0.3) is 0 Å². The van der Waals surface area contributed by atoms with Crippen LogP contribution in [0.3, 0.4) is 0 Å². The molecule has 2 aromatic rings. The van der Waals surface area contributed by atoms with Crippen molar-refractivity contribution in [3.63, 3.8) is 0 Å². The number of sulfone groups is 1. The average molecular weight is 364 g/mol. The predicted octanol–water partition coefficient (Wildman–Crippen LogP) is 3.42. The molecule has 2 aromatic carbocycles. The third kappa shape index (κ3) is 3.47. The Morgan fingerprint density at radius 1 is 0.958 bits per heavy atom. The second-order valence-electron chi connectivity index (χ2n) is 5.86. The van der Waals surface area contributed by atoms with E-state index in [4.69, 9.17) is 11.6 Å². The normalized spacial score (nSPS) is 16.1. The van der Waals surface area contributed by atoms with Crippen molar-refractivity contribution in [1.29, 1.82) is 0 Å². The molecule has 6 heteroatoms. The summed E-state index contributed by atoms with van der Waals surface area (Å²) in [5.74, 6) is -0.0813. The molecule has 4 nitrogen and oxygen atoms in total. The number of benzene rings is 2. The Balaban J connectivity index is 1.67. The fourth-order valence-electron chi connectivity index (χ4n) is 2.95. The maximum atomic E-state index is 12.7. The zero-order valence-corrected chi connectivity index (χ0v) is 14.6. The van der Waals surface area contributed by atoms with E-state index in [1.54, 1.807) is 59.5 Å². The Morgan fingerprint density at radius 2 is 1.54 bits per heavy atom. The molecule has 0 aromatic heterocycles. The number of likely N-dealkylation sites (tertiary alicyclic amines) is 1. The molecule has 1 saturated heterocycles. The van der Waals surface area contributed by atoms with Gasteiger partial charge in [0, 0.05) is 23.7 Å². The molecule has 1 aliphatic rings. The summed E-state index contributed by atoms with van der Waals surface area (Å²) in [5.41, 5.74) is 0.573. The van der Waals surface area contributed by atoms with Gasteiger partial charge >= 0.3 is 0 Å². The van der Waals surface area contributed by atoms with Crippen LogP contribution in [0.1, 0.15) is 23.2 Å². The van der Waals surface area contributed by atoms with E-state index in [9.17, 15) is 13.2 Å². The predicted molar refractivity (Wildman–Crippen MR) is 94.0 cm³/mol. The van der Waals surface area contributed by atoms with Gasteiger partial charge in [-0.2, -0.15) is 0 Å². The molecule has 0 radical (unpaired) electrons. The van der Waals surface area contributed by atoms with Gasteiger partial charge in [0.05, 0.1) is 10.1 Å². The van der Waals surface area contributed by atoms with Gasteiger partial charge in [0.2, 0.25) is 0 Å². The molecule has 1 heterocycles. The topological polar surface area (TPSA) is 54.5 Å². The number of carbonyl (C=O) groups excluding carboxylic acids is 1. The molecular weight excluding hydrogens is 346 g/mol. The first-order valence-electron chi connectivity index (χ1n) is 7.82. The van der Waals surface area contributed by atoms with Gasteiger partial charge in [-0.05, 0) is 49.2 Å².